The molecule has 3 unspecified atom stereocenters. The maximum absolute atomic E-state index is 13.7. The molecular weight excluding hydrogens is 305 g/mol. The van der Waals surface area contributed by atoms with Crippen LogP contribution in [0.1, 0.15) is 37.7 Å². The summed E-state index contributed by atoms with van der Waals surface area (Å²) < 4.78 is 15.3. The Labute approximate surface area is 141 Å². The van der Waals surface area contributed by atoms with Crippen molar-refractivity contribution in [3.63, 3.8) is 0 Å². The third-order valence-corrected chi connectivity index (χ3v) is 5.54. The zero-order valence-electron chi connectivity index (χ0n) is 13.6. The van der Waals surface area contributed by atoms with Crippen LogP contribution in [0.4, 0.5) is 10.1 Å². The molecule has 0 radical (unpaired) electrons. The first kappa shape index (κ1) is 15.4. The molecule has 4 nitrogen and oxygen atoms in total. The molecule has 0 saturated heterocycles. The highest BCUT2D eigenvalue weighted by atomic mass is 19.1. The van der Waals surface area contributed by atoms with E-state index in [-0.39, 0.29) is 11.7 Å². The van der Waals surface area contributed by atoms with Crippen molar-refractivity contribution >= 4 is 11.6 Å². The Balaban J connectivity index is 1.33. The van der Waals surface area contributed by atoms with Gasteiger partial charge in [0.1, 0.15) is 5.82 Å². The molecule has 5 heteroatoms. The van der Waals surface area contributed by atoms with Gasteiger partial charge in [0, 0.05) is 18.2 Å². The predicted molar refractivity (Wildman–Crippen MR) is 89.9 cm³/mol. The quantitative estimate of drug-likeness (QED) is 0.907. The number of hydrogen-bond donors (Lipinski definition) is 1. The fourth-order valence-corrected chi connectivity index (χ4v) is 4.39. The van der Waals surface area contributed by atoms with Crippen LogP contribution in [0.3, 0.4) is 0 Å². The lowest BCUT2D eigenvalue weighted by atomic mass is 9.86. The number of anilines is 1. The Hall–Kier alpha value is -2.17. The molecular formula is C19H22FN3O. The molecule has 4 rings (SSSR count). The number of hydrogen-bond acceptors (Lipinski definition) is 2. The highest BCUT2D eigenvalue weighted by Crippen LogP contribution is 2.49. The van der Waals surface area contributed by atoms with Gasteiger partial charge in [-0.3, -0.25) is 9.48 Å². The topological polar surface area (TPSA) is 46.9 Å². The minimum atomic E-state index is -0.241. The molecule has 1 heterocycles. The summed E-state index contributed by atoms with van der Waals surface area (Å²) in [4.78, 5) is 12.3. The van der Waals surface area contributed by atoms with E-state index in [1.54, 1.807) is 35.3 Å². The highest BCUT2D eigenvalue weighted by Gasteiger charge is 2.40. The number of carbonyl (C=O) groups excluding carboxylic acids is 1. The maximum Gasteiger partial charge on any atom is 0.224 e. The summed E-state index contributed by atoms with van der Waals surface area (Å²) >= 11 is 0. The second-order valence-corrected chi connectivity index (χ2v) is 7.21. The smallest absolute Gasteiger partial charge is 0.224 e. The average molecular weight is 327 g/mol. The second kappa shape index (κ2) is 6.38. The monoisotopic (exact) mass is 327 g/mol. The second-order valence-electron chi connectivity index (χ2n) is 7.21. The number of nitrogens with one attached hydrogen (secondary N) is 1. The number of aromatic nitrogens is 2. The zero-order valence-corrected chi connectivity index (χ0v) is 13.6. The minimum Gasteiger partial charge on any atom is -0.323 e. The Kier molecular flexibility index (Phi) is 4.08. The van der Waals surface area contributed by atoms with Crippen molar-refractivity contribution in [3.8, 4) is 0 Å². The van der Waals surface area contributed by atoms with Crippen molar-refractivity contribution in [2.24, 2.45) is 17.8 Å². The van der Waals surface area contributed by atoms with E-state index in [4.69, 9.17) is 0 Å². The highest BCUT2D eigenvalue weighted by molar-refractivity contribution is 5.90. The van der Waals surface area contributed by atoms with Gasteiger partial charge in [-0.2, -0.15) is 5.10 Å². The van der Waals surface area contributed by atoms with E-state index in [9.17, 15) is 9.18 Å². The van der Waals surface area contributed by atoms with Gasteiger partial charge < -0.3 is 5.32 Å². The van der Waals surface area contributed by atoms with Crippen LogP contribution in [0.25, 0.3) is 0 Å². The van der Waals surface area contributed by atoms with Crippen LogP contribution in [-0.2, 0) is 11.3 Å². The summed E-state index contributed by atoms with van der Waals surface area (Å²) in [6.45, 7) is 0.356. The lowest BCUT2D eigenvalue weighted by Gasteiger charge is -2.20. The number of rotatable bonds is 5. The van der Waals surface area contributed by atoms with Crippen molar-refractivity contribution in [2.45, 2.75) is 38.6 Å². The van der Waals surface area contributed by atoms with Crippen LogP contribution in [-0.4, -0.2) is 15.7 Å². The molecule has 2 aromatic rings. The van der Waals surface area contributed by atoms with E-state index < -0.39 is 0 Å². The molecule has 1 amide bonds. The maximum atomic E-state index is 13.7. The van der Waals surface area contributed by atoms with Gasteiger partial charge in [-0.1, -0.05) is 24.6 Å². The fourth-order valence-electron chi connectivity index (χ4n) is 4.39. The standard InChI is InChI=1S/C19H22FN3O/c20-18-4-2-1-3-15(18)11-23-12-17(10-21-23)22-19(24)9-16-8-13-5-6-14(16)7-13/h1-4,10,12-14,16H,5-9,11H2,(H,22,24). The number of benzene rings is 1. The first-order chi connectivity index (χ1) is 11.7. The SMILES string of the molecule is O=C(CC1CC2CCC1C2)Nc1cnn(Cc2ccccc2F)c1. The fraction of sp³-hybridized carbons (Fsp3) is 0.474. The molecule has 2 aliphatic carbocycles. The molecule has 1 aromatic carbocycles. The molecule has 3 atom stereocenters. The Morgan fingerprint density at radius 1 is 1.29 bits per heavy atom. The summed E-state index contributed by atoms with van der Waals surface area (Å²) in [5.41, 5.74) is 1.26. The van der Waals surface area contributed by atoms with Gasteiger partial charge in [-0.25, -0.2) is 4.39 Å². The minimum absolute atomic E-state index is 0.0676. The summed E-state index contributed by atoms with van der Waals surface area (Å²) in [6.07, 6.45) is 9.17. The predicted octanol–water partition coefficient (Wildman–Crippen LogP) is 3.84. The molecule has 2 bridgehead atoms. The largest absolute Gasteiger partial charge is 0.323 e. The van der Waals surface area contributed by atoms with E-state index in [1.807, 2.05) is 0 Å². The van der Waals surface area contributed by atoms with Crippen LogP contribution < -0.4 is 5.32 Å². The lowest BCUT2D eigenvalue weighted by Crippen LogP contribution is -2.20. The molecule has 126 valence electrons. The van der Waals surface area contributed by atoms with Gasteiger partial charge in [0.05, 0.1) is 18.4 Å². The third-order valence-electron chi connectivity index (χ3n) is 5.54. The molecule has 0 spiro atoms. The van der Waals surface area contributed by atoms with E-state index >= 15 is 0 Å². The van der Waals surface area contributed by atoms with Crippen molar-refractivity contribution in [3.05, 3.63) is 48.0 Å². The van der Waals surface area contributed by atoms with Crippen LogP contribution >= 0.6 is 0 Å². The Bertz CT molecular complexity index is 742. The zero-order chi connectivity index (χ0) is 16.5. The number of amides is 1. The van der Waals surface area contributed by atoms with E-state index in [2.05, 4.69) is 10.4 Å². The van der Waals surface area contributed by atoms with E-state index in [0.717, 1.165) is 11.8 Å². The Morgan fingerprint density at radius 3 is 2.92 bits per heavy atom. The van der Waals surface area contributed by atoms with Gasteiger partial charge in [0.15, 0.2) is 0 Å². The summed E-state index contributed by atoms with van der Waals surface area (Å²) in [7, 11) is 0. The molecule has 24 heavy (non-hydrogen) atoms. The van der Waals surface area contributed by atoms with Crippen molar-refractivity contribution in [1.29, 1.82) is 0 Å². The van der Waals surface area contributed by atoms with Crippen LogP contribution in [0.15, 0.2) is 36.7 Å². The van der Waals surface area contributed by atoms with Crippen LogP contribution in [0.5, 0.6) is 0 Å². The molecule has 2 aliphatic rings. The molecule has 1 N–H and O–H groups in total. The summed E-state index contributed by atoms with van der Waals surface area (Å²) in [5, 5.41) is 7.14. The summed E-state index contributed by atoms with van der Waals surface area (Å²) in [5.74, 6) is 1.99. The molecule has 0 aliphatic heterocycles. The van der Waals surface area contributed by atoms with Crippen molar-refractivity contribution < 1.29 is 9.18 Å². The van der Waals surface area contributed by atoms with E-state index in [0.29, 0.717) is 30.1 Å². The van der Waals surface area contributed by atoms with Crippen molar-refractivity contribution in [2.75, 3.05) is 5.32 Å². The van der Waals surface area contributed by atoms with Crippen molar-refractivity contribution in [1.82, 2.24) is 9.78 Å². The normalized spacial score (nSPS) is 25.1. The van der Waals surface area contributed by atoms with E-state index in [1.165, 1.54) is 31.7 Å². The van der Waals surface area contributed by atoms with Gasteiger partial charge in [0.25, 0.3) is 0 Å². The molecule has 2 fully saturated rings. The van der Waals surface area contributed by atoms with Gasteiger partial charge in [-0.15, -0.1) is 0 Å². The van der Waals surface area contributed by atoms with Crippen LogP contribution in [0, 0.1) is 23.6 Å². The summed E-state index contributed by atoms with van der Waals surface area (Å²) in [6, 6.07) is 6.66. The van der Waals surface area contributed by atoms with Crippen LogP contribution in [0.2, 0.25) is 0 Å². The first-order valence-electron chi connectivity index (χ1n) is 8.73. The Morgan fingerprint density at radius 2 is 2.17 bits per heavy atom. The average Bonchev–Trinajstić information content (AvgIpc) is 3.27. The number of nitrogens with zero attached hydrogens (tertiary/aromatic N) is 2. The van der Waals surface area contributed by atoms with Gasteiger partial charge in [0.2, 0.25) is 5.91 Å². The number of halogens is 1. The molecule has 2 saturated carbocycles. The van der Waals surface area contributed by atoms with Gasteiger partial charge in [-0.05, 0) is 43.1 Å². The lowest BCUT2D eigenvalue weighted by molar-refractivity contribution is -0.117. The number of carbonyl (C=O) groups is 1. The third kappa shape index (κ3) is 3.21. The first-order valence-corrected chi connectivity index (χ1v) is 8.73. The van der Waals surface area contributed by atoms with Gasteiger partial charge >= 0.3 is 0 Å². The molecule has 1 aromatic heterocycles. The number of fused-ring (bicyclic) bond motifs is 2.